The van der Waals surface area contributed by atoms with Crippen molar-refractivity contribution in [3.8, 4) is 0 Å². The lowest BCUT2D eigenvalue weighted by molar-refractivity contribution is 0.0297. The fourth-order valence-corrected chi connectivity index (χ4v) is 4.96. The molecule has 2 aliphatic rings. The van der Waals surface area contributed by atoms with Crippen molar-refractivity contribution < 1.29 is 9.53 Å². The van der Waals surface area contributed by atoms with Gasteiger partial charge in [0.15, 0.2) is 5.69 Å². The molecular weight excluding hydrogens is 390 g/mol. The number of aryl methyl sites for hydroxylation is 1. The number of ether oxygens (including phenoxy) is 1. The number of nitrogens with one attached hydrogen (secondary N) is 2. The SMILES string of the molecule is CCn1nc(C(=O)N2CCOCC2)c2c1CCC(NCCc1c[nH]c3ccccc13)C2. The van der Waals surface area contributed by atoms with Gasteiger partial charge in [-0.25, -0.2) is 0 Å². The number of rotatable bonds is 6. The molecule has 1 aliphatic carbocycles. The Labute approximate surface area is 182 Å². The Kier molecular flexibility index (Phi) is 5.78. The van der Waals surface area contributed by atoms with Crippen LogP contribution in [0.15, 0.2) is 30.5 Å². The number of hydrogen-bond donors (Lipinski definition) is 2. The van der Waals surface area contributed by atoms with E-state index in [1.54, 1.807) is 0 Å². The topological polar surface area (TPSA) is 75.2 Å². The molecule has 2 N–H and O–H groups in total. The van der Waals surface area contributed by atoms with Crippen molar-refractivity contribution in [2.75, 3.05) is 32.8 Å². The highest BCUT2D eigenvalue weighted by molar-refractivity contribution is 5.94. The van der Waals surface area contributed by atoms with Gasteiger partial charge in [-0.3, -0.25) is 9.48 Å². The van der Waals surface area contributed by atoms with E-state index in [2.05, 4.69) is 47.7 Å². The molecule has 0 saturated carbocycles. The zero-order valence-electron chi connectivity index (χ0n) is 18.2. The predicted octanol–water partition coefficient (Wildman–Crippen LogP) is 2.55. The molecule has 3 heterocycles. The maximum absolute atomic E-state index is 13.2. The minimum atomic E-state index is 0.0613. The van der Waals surface area contributed by atoms with Crippen molar-refractivity contribution in [3.63, 3.8) is 0 Å². The molecule has 164 valence electrons. The monoisotopic (exact) mass is 421 g/mol. The second-order valence-corrected chi connectivity index (χ2v) is 8.50. The van der Waals surface area contributed by atoms with E-state index in [0.717, 1.165) is 44.3 Å². The van der Waals surface area contributed by atoms with Gasteiger partial charge in [-0.2, -0.15) is 5.10 Å². The molecule has 31 heavy (non-hydrogen) atoms. The Morgan fingerprint density at radius 2 is 2.13 bits per heavy atom. The van der Waals surface area contributed by atoms with Crippen LogP contribution in [0.3, 0.4) is 0 Å². The van der Waals surface area contributed by atoms with Gasteiger partial charge in [-0.1, -0.05) is 18.2 Å². The molecule has 0 spiro atoms. The first-order valence-electron chi connectivity index (χ1n) is 11.5. The van der Waals surface area contributed by atoms with E-state index in [1.165, 1.54) is 22.2 Å². The van der Waals surface area contributed by atoms with E-state index >= 15 is 0 Å². The minimum absolute atomic E-state index is 0.0613. The summed E-state index contributed by atoms with van der Waals surface area (Å²) >= 11 is 0. The number of para-hydroxylation sites is 1. The smallest absolute Gasteiger partial charge is 0.274 e. The van der Waals surface area contributed by atoms with Crippen LogP contribution < -0.4 is 5.32 Å². The lowest BCUT2D eigenvalue weighted by Crippen LogP contribution is -2.42. The van der Waals surface area contributed by atoms with Gasteiger partial charge in [0, 0.05) is 54.0 Å². The van der Waals surface area contributed by atoms with Gasteiger partial charge in [0.1, 0.15) is 0 Å². The first-order chi connectivity index (χ1) is 15.2. The Hall–Kier alpha value is -2.64. The van der Waals surface area contributed by atoms with Crippen molar-refractivity contribution in [3.05, 3.63) is 53.0 Å². The summed E-state index contributed by atoms with van der Waals surface area (Å²) in [6.45, 7) is 6.36. The molecule has 1 atom stereocenters. The third-order valence-electron chi connectivity index (χ3n) is 6.65. The number of nitrogens with zero attached hydrogens (tertiary/aromatic N) is 3. The third-order valence-corrected chi connectivity index (χ3v) is 6.65. The summed E-state index contributed by atoms with van der Waals surface area (Å²) in [7, 11) is 0. The molecule has 1 amide bonds. The van der Waals surface area contributed by atoms with Crippen LogP contribution in [0.4, 0.5) is 0 Å². The first-order valence-corrected chi connectivity index (χ1v) is 11.5. The molecule has 1 saturated heterocycles. The molecule has 0 bridgehead atoms. The second-order valence-electron chi connectivity index (χ2n) is 8.50. The molecule has 1 aromatic carbocycles. The van der Waals surface area contributed by atoms with Crippen LogP contribution in [0.5, 0.6) is 0 Å². The molecule has 0 radical (unpaired) electrons. The number of carbonyl (C=O) groups excluding carboxylic acids is 1. The first kappa shape index (κ1) is 20.3. The molecule has 1 fully saturated rings. The molecule has 7 nitrogen and oxygen atoms in total. The van der Waals surface area contributed by atoms with Crippen molar-refractivity contribution in [2.24, 2.45) is 0 Å². The van der Waals surface area contributed by atoms with Gasteiger partial charge >= 0.3 is 0 Å². The van der Waals surface area contributed by atoms with E-state index in [4.69, 9.17) is 9.84 Å². The fourth-order valence-electron chi connectivity index (χ4n) is 4.96. The molecule has 7 heteroatoms. The highest BCUT2D eigenvalue weighted by atomic mass is 16.5. The third kappa shape index (κ3) is 4.00. The Morgan fingerprint density at radius 3 is 2.97 bits per heavy atom. The lowest BCUT2D eigenvalue weighted by atomic mass is 9.91. The van der Waals surface area contributed by atoms with Crippen molar-refractivity contribution in [1.82, 2.24) is 25.0 Å². The van der Waals surface area contributed by atoms with Gasteiger partial charge in [-0.05, 0) is 50.8 Å². The molecule has 3 aromatic rings. The van der Waals surface area contributed by atoms with Crippen LogP contribution in [0.25, 0.3) is 10.9 Å². The summed E-state index contributed by atoms with van der Waals surface area (Å²) in [6.07, 6.45) is 6.03. The number of amides is 1. The van der Waals surface area contributed by atoms with Crippen molar-refractivity contribution in [2.45, 2.75) is 45.2 Å². The van der Waals surface area contributed by atoms with Crippen molar-refractivity contribution in [1.29, 1.82) is 0 Å². The molecule has 1 unspecified atom stereocenters. The zero-order chi connectivity index (χ0) is 21.2. The number of morpholine rings is 1. The maximum Gasteiger partial charge on any atom is 0.274 e. The fraction of sp³-hybridized carbons (Fsp3) is 0.500. The van der Waals surface area contributed by atoms with Gasteiger partial charge in [0.2, 0.25) is 0 Å². The van der Waals surface area contributed by atoms with E-state index in [0.29, 0.717) is 38.0 Å². The number of H-pyrrole nitrogens is 1. The van der Waals surface area contributed by atoms with Crippen molar-refractivity contribution >= 4 is 16.8 Å². The summed E-state index contributed by atoms with van der Waals surface area (Å²) in [4.78, 5) is 18.4. The van der Waals surface area contributed by atoms with Gasteiger partial charge in [0.25, 0.3) is 5.91 Å². The minimum Gasteiger partial charge on any atom is -0.378 e. The van der Waals surface area contributed by atoms with Crippen LogP contribution in [0.2, 0.25) is 0 Å². The summed E-state index contributed by atoms with van der Waals surface area (Å²) in [6, 6.07) is 8.83. The standard InChI is InChI=1S/C24H31N5O2/c1-2-29-22-8-7-18(25-10-9-17-16-26-21-6-4-3-5-19(17)21)15-20(22)23(27-29)24(30)28-11-13-31-14-12-28/h3-6,16,18,25-26H,2,7-15H2,1H3. The van der Waals surface area contributed by atoms with E-state index in [1.807, 2.05) is 9.58 Å². The van der Waals surface area contributed by atoms with Crippen LogP contribution in [-0.4, -0.2) is 64.5 Å². The summed E-state index contributed by atoms with van der Waals surface area (Å²) in [5.74, 6) is 0.0613. The number of carbonyl (C=O) groups is 1. The van der Waals surface area contributed by atoms with E-state index in [9.17, 15) is 4.79 Å². The van der Waals surface area contributed by atoms with Crippen LogP contribution >= 0.6 is 0 Å². The number of benzene rings is 1. The normalized spacial score (nSPS) is 19.0. The average Bonchev–Trinajstić information content (AvgIpc) is 3.40. The zero-order valence-corrected chi connectivity index (χ0v) is 18.2. The van der Waals surface area contributed by atoms with Crippen LogP contribution in [-0.2, 0) is 30.5 Å². The van der Waals surface area contributed by atoms with Gasteiger partial charge < -0.3 is 19.9 Å². The Bertz CT molecular complexity index is 1060. The number of aromatic nitrogens is 3. The van der Waals surface area contributed by atoms with Gasteiger partial charge in [-0.15, -0.1) is 0 Å². The summed E-state index contributed by atoms with van der Waals surface area (Å²) in [5, 5.41) is 9.77. The van der Waals surface area contributed by atoms with Gasteiger partial charge in [0.05, 0.1) is 13.2 Å². The summed E-state index contributed by atoms with van der Waals surface area (Å²) < 4.78 is 7.44. The lowest BCUT2D eigenvalue weighted by Gasteiger charge is -2.28. The molecule has 1 aliphatic heterocycles. The number of fused-ring (bicyclic) bond motifs is 2. The van der Waals surface area contributed by atoms with Crippen LogP contribution in [0, 0.1) is 0 Å². The maximum atomic E-state index is 13.2. The molecule has 5 rings (SSSR count). The Balaban J connectivity index is 1.27. The molecular formula is C24H31N5O2. The van der Waals surface area contributed by atoms with E-state index in [-0.39, 0.29) is 5.91 Å². The van der Waals surface area contributed by atoms with Crippen LogP contribution in [0.1, 0.15) is 40.7 Å². The number of aromatic amines is 1. The predicted molar refractivity (Wildman–Crippen MR) is 120 cm³/mol. The largest absolute Gasteiger partial charge is 0.378 e. The average molecular weight is 422 g/mol. The van der Waals surface area contributed by atoms with E-state index < -0.39 is 0 Å². The number of hydrogen-bond acceptors (Lipinski definition) is 4. The Morgan fingerprint density at radius 1 is 1.29 bits per heavy atom. The highest BCUT2D eigenvalue weighted by Gasteiger charge is 2.31. The highest BCUT2D eigenvalue weighted by Crippen LogP contribution is 2.26. The quantitative estimate of drug-likeness (QED) is 0.641. The summed E-state index contributed by atoms with van der Waals surface area (Å²) in [5.41, 5.74) is 5.59. The second kappa shape index (κ2) is 8.85. The molecule has 2 aromatic heterocycles.